The summed E-state index contributed by atoms with van der Waals surface area (Å²) in [6.45, 7) is 7.70. The van der Waals surface area contributed by atoms with Gasteiger partial charge in [-0.25, -0.2) is 8.42 Å². The molecule has 0 saturated heterocycles. The lowest BCUT2D eigenvalue weighted by atomic mass is 10.0. The van der Waals surface area contributed by atoms with Crippen LogP contribution < -0.4 is 14.4 Å². The quantitative estimate of drug-likeness (QED) is 0.333. The molecule has 8 nitrogen and oxygen atoms in total. The Hall–Kier alpha value is -3.85. The summed E-state index contributed by atoms with van der Waals surface area (Å²) < 4.78 is 32.3. The number of hydrogen-bond acceptors (Lipinski definition) is 5. The summed E-state index contributed by atoms with van der Waals surface area (Å²) >= 11 is 0. The van der Waals surface area contributed by atoms with Crippen molar-refractivity contribution in [2.45, 2.75) is 52.7 Å². The van der Waals surface area contributed by atoms with Gasteiger partial charge >= 0.3 is 0 Å². The van der Waals surface area contributed by atoms with E-state index in [0.29, 0.717) is 18.0 Å². The minimum absolute atomic E-state index is 0.141. The molecule has 0 aromatic heterocycles. The molecule has 0 saturated carbocycles. The highest BCUT2D eigenvalue weighted by Crippen LogP contribution is 2.23. The smallest absolute Gasteiger partial charge is 0.244 e. The van der Waals surface area contributed by atoms with E-state index in [9.17, 15) is 18.0 Å². The number of hydrogen-bond donors (Lipinski definition) is 1. The topological polar surface area (TPSA) is 96.0 Å². The molecule has 3 rings (SSSR count). The Labute approximate surface area is 238 Å². The number of carbonyl (C=O) groups is 2. The molecule has 0 aliphatic carbocycles. The molecule has 0 unspecified atom stereocenters. The van der Waals surface area contributed by atoms with Crippen molar-refractivity contribution in [1.29, 1.82) is 0 Å². The van der Waals surface area contributed by atoms with Gasteiger partial charge in [0.25, 0.3) is 0 Å². The molecule has 0 aliphatic heterocycles. The maximum atomic E-state index is 14.1. The molecule has 0 fully saturated rings. The third-order valence-corrected chi connectivity index (χ3v) is 7.56. The molecule has 0 spiro atoms. The van der Waals surface area contributed by atoms with E-state index in [1.165, 1.54) is 4.90 Å². The number of carbonyl (C=O) groups excluding carboxylic acids is 2. The van der Waals surface area contributed by atoms with Crippen molar-refractivity contribution in [3.8, 4) is 5.75 Å². The zero-order chi connectivity index (χ0) is 29.3. The Morgan fingerprint density at radius 1 is 0.925 bits per heavy atom. The number of ether oxygens (including phenoxy) is 1. The minimum atomic E-state index is -3.83. The molecule has 9 heteroatoms. The van der Waals surface area contributed by atoms with Gasteiger partial charge in [0, 0.05) is 19.0 Å². The molecule has 0 heterocycles. The molecule has 0 bridgehead atoms. The standard InChI is InChI=1S/C31H39N3O5S/c1-6-39-28-18-16-27(17-19-28)34(40(5,37)38)22-30(35)33(21-26-15-11-10-12-24(26)4)29(31(36)32-23(2)3)20-25-13-8-7-9-14-25/h7-19,23,29H,6,20-22H2,1-5H3,(H,32,36)/t29-/m1/s1. The maximum absolute atomic E-state index is 14.1. The van der Waals surface area contributed by atoms with Crippen molar-refractivity contribution < 1.29 is 22.7 Å². The van der Waals surface area contributed by atoms with Gasteiger partial charge in [0.2, 0.25) is 21.8 Å². The van der Waals surface area contributed by atoms with E-state index in [0.717, 1.165) is 27.3 Å². The van der Waals surface area contributed by atoms with E-state index >= 15 is 0 Å². The normalized spacial score (nSPS) is 12.1. The van der Waals surface area contributed by atoms with Gasteiger partial charge in [-0.3, -0.25) is 13.9 Å². The molecule has 3 aromatic carbocycles. The van der Waals surface area contributed by atoms with Crippen LogP contribution in [0.2, 0.25) is 0 Å². The highest BCUT2D eigenvalue weighted by atomic mass is 32.2. The second-order valence-electron chi connectivity index (χ2n) is 10.0. The lowest BCUT2D eigenvalue weighted by Crippen LogP contribution is -2.54. The summed E-state index contributed by atoms with van der Waals surface area (Å²) in [5.41, 5.74) is 3.06. The summed E-state index contributed by atoms with van der Waals surface area (Å²) in [5, 5.41) is 2.95. The second-order valence-corrected chi connectivity index (χ2v) is 11.9. The van der Waals surface area contributed by atoms with Gasteiger partial charge in [-0.05, 0) is 68.7 Å². The fourth-order valence-electron chi connectivity index (χ4n) is 4.39. The number of sulfonamides is 1. The average molecular weight is 566 g/mol. The average Bonchev–Trinajstić information content (AvgIpc) is 2.90. The number of benzene rings is 3. The lowest BCUT2D eigenvalue weighted by molar-refractivity contribution is -0.140. The van der Waals surface area contributed by atoms with Gasteiger partial charge in [0.15, 0.2) is 0 Å². The van der Waals surface area contributed by atoms with Crippen LogP contribution in [-0.2, 0) is 32.6 Å². The van der Waals surface area contributed by atoms with E-state index in [-0.39, 0.29) is 24.9 Å². The predicted octanol–water partition coefficient (Wildman–Crippen LogP) is 4.32. The summed E-state index contributed by atoms with van der Waals surface area (Å²) in [7, 11) is -3.83. The van der Waals surface area contributed by atoms with Crippen molar-refractivity contribution in [1.82, 2.24) is 10.2 Å². The fourth-order valence-corrected chi connectivity index (χ4v) is 5.24. The zero-order valence-corrected chi connectivity index (χ0v) is 24.6. The zero-order valence-electron chi connectivity index (χ0n) is 23.8. The van der Waals surface area contributed by atoms with E-state index in [1.54, 1.807) is 24.3 Å². The lowest BCUT2D eigenvalue weighted by Gasteiger charge is -2.34. The van der Waals surface area contributed by atoms with Crippen molar-refractivity contribution in [3.05, 3.63) is 95.6 Å². The number of aryl methyl sites for hydroxylation is 1. The van der Waals surface area contributed by atoms with Gasteiger partial charge in [0.1, 0.15) is 18.3 Å². The fraction of sp³-hybridized carbons (Fsp3) is 0.355. The summed E-state index contributed by atoms with van der Waals surface area (Å²) in [4.78, 5) is 29.2. The van der Waals surface area contributed by atoms with Crippen LogP contribution in [-0.4, -0.2) is 56.6 Å². The van der Waals surface area contributed by atoms with E-state index < -0.39 is 28.5 Å². The van der Waals surface area contributed by atoms with Gasteiger partial charge in [0.05, 0.1) is 18.6 Å². The van der Waals surface area contributed by atoms with Crippen LogP contribution >= 0.6 is 0 Å². The van der Waals surface area contributed by atoms with Gasteiger partial charge in [-0.2, -0.15) is 0 Å². The van der Waals surface area contributed by atoms with Crippen molar-refractivity contribution in [3.63, 3.8) is 0 Å². The predicted molar refractivity (Wildman–Crippen MR) is 159 cm³/mol. The highest BCUT2D eigenvalue weighted by Gasteiger charge is 2.33. The molecule has 40 heavy (non-hydrogen) atoms. The first-order chi connectivity index (χ1) is 19.0. The number of nitrogens with zero attached hydrogens (tertiary/aromatic N) is 2. The Kier molecular flexibility index (Phi) is 10.7. The molecule has 0 radical (unpaired) electrons. The summed E-state index contributed by atoms with van der Waals surface area (Å²) in [6.07, 6.45) is 1.34. The van der Waals surface area contributed by atoms with Gasteiger partial charge < -0.3 is 15.0 Å². The molecule has 3 aromatic rings. The molecule has 0 aliphatic rings. The van der Waals surface area contributed by atoms with Crippen LogP contribution in [0.25, 0.3) is 0 Å². The Morgan fingerprint density at radius 2 is 1.55 bits per heavy atom. The maximum Gasteiger partial charge on any atom is 0.244 e. The van der Waals surface area contributed by atoms with Gasteiger partial charge in [-0.15, -0.1) is 0 Å². The number of anilines is 1. The van der Waals surface area contributed by atoms with Crippen LogP contribution in [0, 0.1) is 6.92 Å². The van der Waals surface area contributed by atoms with Crippen LogP contribution in [0.3, 0.4) is 0 Å². The van der Waals surface area contributed by atoms with E-state index in [4.69, 9.17) is 4.74 Å². The largest absolute Gasteiger partial charge is 0.494 e. The third-order valence-electron chi connectivity index (χ3n) is 6.42. The monoisotopic (exact) mass is 565 g/mol. The van der Waals surface area contributed by atoms with Crippen LogP contribution in [0.5, 0.6) is 5.75 Å². The number of rotatable bonds is 13. The van der Waals surface area contributed by atoms with E-state index in [2.05, 4.69) is 5.32 Å². The Balaban J connectivity index is 2.04. The number of amides is 2. The molecule has 1 atom stereocenters. The molecule has 214 valence electrons. The van der Waals surface area contributed by atoms with Crippen LogP contribution in [0.15, 0.2) is 78.9 Å². The van der Waals surface area contributed by atoms with Crippen molar-refractivity contribution >= 4 is 27.5 Å². The Morgan fingerprint density at radius 3 is 2.12 bits per heavy atom. The van der Waals surface area contributed by atoms with Gasteiger partial charge in [-0.1, -0.05) is 54.6 Å². The first kappa shape index (κ1) is 30.7. The molecular weight excluding hydrogens is 526 g/mol. The third kappa shape index (κ3) is 8.58. The minimum Gasteiger partial charge on any atom is -0.494 e. The molecule has 1 N–H and O–H groups in total. The van der Waals surface area contributed by atoms with Crippen molar-refractivity contribution in [2.24, 2.45) is 0 Å². The SMILES string of the molecule is CCOc1ccc(N(CC(=O)N(Cc2ccccc2C)[C@H](Cc2ccccc2)C(=O)NC(C)C)S(C)(=O)=O)cc1. The van der Waals surface area contributed by atoms with Crippen LogP contribution in [0.4, 0.5) is 5.69 Å². The summed E-state index contributed by atoms with van der Waals surface area (Å²) in [6, 6.07) is 22.7. The number of nitrogens with one attached hydrogen (secondary N) is 1. The molecular formula is C31H39N3O5S. The Bertz CT molecular complexity index is 1380. The first-order valence-electron chi connectivity index (χ1n) is 13.4. The second kappa shape index (κ2) is 14.0. The summed E-state index contributed by atoms with van der Waals surface area (Å²) in [5.74, 6) is -0.185. The van der Waals surface area contributed by atoms with Crippen molar-refractivity contribution in [2.75, 3.05) is 23.7 Å². The van der Waals surface area contributed by atoms with E-state index in [1.807, 2.05) is 82.3 Å². The molecule has 2 amide bonds. The van der Waals surface area contributed by atoms with Crippen LogP contribution in [0.1, 0.15) is 37.5 Å². The first-order valence-corrected chi connectivity index (χ1v) is 15.2. The highest BCUT2D eigenvalue weighted by molar-refractivity contribution is 7.92.